The minimum absolute atomic E-state index is 0.0218. The van der Waals surface area contributed by atoms with Gasteiger partial charge in [0.05, 0.1) is 5.39 Å². The van der Waals surface area contributed by atoms with Gasteiger partial charge in [0.2, 0.25) is 5.91 Å². The van der Waals surface area contributed by atoms with Crippen LogP contribution in [0.4, 0.5) is 0 Å². The first-order valence-corrected chi connectivity index (χ1v) is 10.7. The highest BCUT2D eigenvalue weighted by atomic mass is 35.5. The third kappa shape index (κ3) is 3.59. The molecular weight excluding hydrogens is 394 g/mol. The van der Waals surface area contributed by atoms with Gasteiger partial charge in [-0.2, -0.15) is 0 Å². The molecule has 2 N–H and O–H groups in total. The number of primary amides is 1. The number of aromatic nitrogens is 2. The summed E-state index contributed by atoms with van der Waals surface area (Å²) in [6.07, 6.45) is 3.78. The average Bonchev–Trinajstić information content (AvgIpc) is 3.01. The van der Waals surface area contributed by atoms with E-state index in [0.29, 0.717) is 29.7 Å². The molecule has 2 aromatic heterocycles. The van der Waals surface area contributed by atoms with Crippen LogP contribution >= 0.6 is 22.9 Å². The Morgan fingerprint density at radius 1 is 1.36 bits per heavy atom. The molecule has 0 saturated heterocycles. The third-order valence-corrected chi connectivity index (χ3v) is 6.72. The van der Waals surface area contributed by atoms with Crippen molar-refractivity contribution in [2.24, 2.45) is 11.7 Å². The van der Waals surface area contributed by atoms with E-state index in [1.54, 1.807) is 28.0 Å². The van der Waals surface area contributed by atoms with Crippen LogP contribution in [0.15, 0.2) is 29.1 Å². The number of nitrogens with zero attached hydrogens (tertiary/aromatic N) is 2. The molecule has 1 atom stereocenters. The highest BCUT2D eigenvalue weighted by molar-refractivity contribution is 7.18. The minimum Gasteiger partial charge on any atom is -0.370 e. The van der Waals surface area contributed by atoms with Crippen LogP contribution in [0.2, 0.25) is 5.02 Å². The van der Waals surface area contributed by atoms with Crippen molar-refractivity contribution in [3.05, 3.63) is 50.1 Å². The van der Waals surface area contributed by atoms with Gasteiger partial charge in [0.25, 0.3) is 5.56 Å². The second kappa shape index (κ2) is 7.68. The van der Waals surface area contributed by atoms with E-state index in [-0.39, 0.29) is 17.9 Å². The fourth-order valence-corrected chi connectivity index (χ4v) is 5.36. The second-order valence-corrected chi connectivity index (χ2v) is 9.02. The Balaban J connectivity index is 1.89. The molecule has 7 heteroatoms. The topological polar surface area (TPSA) is 78.0 Å². The van der Waals surface area contributed by atoms with Gasteiger partial charge in [0, 0.05) is 28.4 Å². The number of carbonyl (C=O) groups is 1. The van der Waals surface area contributed by atoms with Gasteiger partial charge in [-0.25, -0.2) is 4.98 Å². The third-order valence-electron chi connectivity index (χ3n) is 5.32. The summed E-state index contributed by atoms with van der Waals surface area (Å²) < 4.78 is 1.69. The molecule has 0 saturated carbocycles. The number of benzene rings is 1. The quantitative estimate of drug-likeness (QED) is 0.679. The van der Waals surface area contributed by atoms with Crippen molar-refractivity contribution in [2.45, 2.75) is 45.6 Å². The van der Waals surface area contributed by atoms with E-state index in [2.05, 4.69) is 6.92 Å². The maximum absolute atomic E-state index is 13.5. The molecule has 28 heavy (non-hydrogen) atoms. The zero-order valence-corrected chi connectivity index (χ0v) is 17.3. The average molecular weight is 416 g/mol. The van der Waals surface area contributed by atoms with Crippen LogP contribution in [0.5, 0.6) is 0 Å². The van der Waals surface area contributed by atoms with E-state index < -0.39 is 0 Å². The summed E-state index contributed by atoms with van der Waals surface area (Å²) in [4.78, 5) is 31.6. The summed E-state index contributed by atoms with van der Waals surface area (Å²) in [7, 11) is 0. The van der Waals surface area contributed by atoms with Crippen molar-refractivity contribution in [3.63, 3.8) is 0 Å². The van der Waals surface area contributed by atoms with Crippen molar-refractivity contribution in [2.75, 3.05) is 0 Å². The molecule has 0 aliphatic heterocycles. The zero-order chi connectivity index (χ0) is 19.8. The van der Waals surface area contributed by atoms with Crippen LogP contribution in [0.1, 0.15) is 36.6 Å². The summed E-state index contributed by atoms with van der Waals surface area (Å²) in [5.41, 5.74) is 7.27. The van der Waals surface area contributed by atoms with Crippen LogP contribution in [0.3, 0.4) is 0 Å². The fraction of sp³-hybridized carbons (Fsp3) is 0.381. The van der Waals surface area contributed by atoms with Crippen LogP contribution < -0.4 is 11.3 Å². The Bertz CT molecular complexity index is 1100. The van der Waals surface area contributed by atoms with Gasteiger partial charge >= 0.3 is 0 Å². The number of aryl methyl sites for hydroxylation is 1. The second-order valence-electron chi connectivity index (χ2n) is 7.50. The Morgan fingerprint density at radius 3 is 2.82 bits per heavy atom. The molecular formula is C21H22ClN3O2S. The molecule has 5 nitrogen and oxygen atoms in total. The Hall–Kier alpha value is -2.18. The molecule has 1 aliphatic rings. The van der Waals surface area contributed by atoms with E-state index >= 15 is 0 Å². The van der Waals surface area contributed by atoms with Crippen molar-refractivity contribution in [1.29, 1.82) is 0 Å². The van der Waals surface area contributed by atoms with Gasteiger partial charge in [-0.05, 0) is 61.4 Å². The molecule has 3 aromatic rings. The number of rotatable bonds is 5. The van der Waals surface area contributed by atoms with Crippen molar-refractivity contribution < 1.29 is 4.79 Å². The standard InChI is InChI=1S/C21H22ClN3O2S/c1-12-4-9-15-16(11-12)28-20-18(15)21(27)25(10-2-3-17(23)26)19(24-20)13-5-7-14(22)8-6-13/h5-8,12H,2-4,9-11H2,1H3,(H2,23,26). The Kier molecular flexibility index (Phi) is 5.25. The summed E-state index contributed by atoms with van der Waals surface area (Å²) >= 11 is 7.67. The molecule has 0 radical (unpaired) electrons. The maximum atomic E-state index is 13.5. The van der Waals surface area contributed by atoms with E-state index in [4.69, 9.17) is 22.3 Å². The number of fused-ring (bicyclic) bond motifs is 3. The number of hydrogen-bond acceptors (Lipinski definition) is 4. The van der Waals surface area contributed by atoms with Crippen LogP contribution in [-0.2, 0) is 24.2 Å². The van der Waals surface area contributed by atoms with Crippen LogP contribution in [0.25, 0.3) is 21.6 Å². The minimum atomic E-state index is -0.364. The van der Waals surface area contributed by atoms with Crippen molar-refractivity contribution in [1.82, 2.24) is 9.55 Å². The number of hydrogen-bond donors (Lipinski definition) is 1. The first kappa shape index (κ1) is 19.2. The number of amides is 1. The molecule has 1 aliphatic carbocycles. The van der Waals surface area contributed by atoms with Gasteiger partial charge < -0.3 is 5.73 Å². The predicted molar refractivity (Wildman–Crippen MR) is 114 cm³/mol. The molecule has 4 rings (SSSR count). The summed E-state index contributed by atoms with van der Waals surface area (Å²) in [5.74, 6) is 0.886. The largest absolute Gasteiger partial charge is 0.370 e. The molecule has 0 bridgehead atoms. The van der Waals surface area contributed by atoms with E-state index in [9.17, 15) is 9.59 Å². The first-order valence-electron chi connectivity index (χ1n) is 9.53. The normalized spacial score (nSPS) is 16.3. The lowest BCUT2D eigenvalue weighted by molar-refractivity contribution is -0.118. The fourth-order valence-electron chi connectivity index (χ4n) is 3.86. The van der Waals surface area contributed by atoms with Gasteiger partial charge in [-0.3, -0.25) is 14.2 Å². The molecule has 2 heterocycles. The maximum Gasteiger partial charge on any atom is 0.262 e. The SMILES string of the molecule is CC1CCc2c(sc3nc(-c4ccc(Cl)cc4)n(CCCC(N)=O)c(=O)c23)C1. The predicted octanol–water partition coefficient (Wildman–Crippen LogP) is 4.17. The lowest BCUT2D eigenvalue weighted by Crippen LogP contribution is -2.25. The van der Waals surface area contributed by atoms with Crippen molar-refractivity contribution >= 4 is 39.1 Å². The molecule has 1 unspecified atom stereocenters. The van der Waals surface area contributed by atoms with Gasteiger partial charge in [0.1, 0.15) is 10.7 Å². The summed E-state index contributed by atoms with van der Waals surface area (Å²) in [6.45, 7) is 2.66. The summed E-state index contributed by atoms with van der Waals surface area (Å²) in [5, 5.41) is 1.39. The number of carbonyl (C=O) groups excluding carboxylic acids is 1. The van der Waals surface area contributed by atoms with Crippen molar-refractivity contribution in [3.8, 4) is 11.4 Å². The lowest BCUT2D eigenvalue weighted by atomic mass is 9.89. The zero-order valence-electron chi connectivity index (χ0n) is 15.7. The monoisotopic (exact) mass is 415 g/mol. The molecule has 0 spiro atoms. The summed E-state index contributed by atoms with van der Waals surface area (Å²) in [6, 6.07) is 7.33. The lowest BCUT2D eigenvalue weighted by Gasteiger charge is -2.18. The Labute approximate surface area is 172 Å². The molecule has 146 valence electrons. The van der Waals surface area contributed by atoms with E-state index in [0.717, 1.165) is 35.0 Å². The number of halogens is 1. The number of thiophene rings is 1. The molecule has 1 aromatic carbocycles. The van der Waals surface area contributed by atoms with Crippen LogP contribution in [-0.4, -0.2) is 15.5 Å². The van der Waals surface area contributed by atoms with E-state index in [1.807, 2.05) is 12.1 Å². The van der Waals surface area contributed by atoms with Gasteiger partial charge in [0.15, 0.2) is 0 Å². The number of nitrogens with two attached hydrogens (primary N) is 1. The molecule has 1 amide bonds. The first-order chi connectivity index (χ1) is 13.4. The van der Waals surface area contributed by atoms with Crippen LogP contribution in [0, 0.1) is 5.92 Å². The molecule has 0 fully saturated rings. The van der Waals surface area contributed by atoms with Gasteiger partial charge in [-0.15, -0.1) is 11.3 Å². The highest BCUT2D eigenvalue weighted by Crippen LogP contribution is 2.36. The van der Waals surface area contributed by atoms with E-state index in [1.165, 1.54) is 10.4 Å². The smallest absolute Gasteiger partial charge is 0.262 e. The van der Waals surface area contributed by atoms with Gasteiger partial charge in [-0.1, -0.05) is 18.5 Å². The highest BCUT2D eigenvalue weighted by Gasteiger charge is 2.25. The Morgan fingerprint density at radius 2 is 2.11 bits per heavy atom.